The van der Waals surface area contributed by atoms with E-state index < -0.39 is 0 Å². The van der Waals surface area contributed by atoms with Crippen LogP contribution >= 0.6 is 0 Å². The standard InChI is InChI=1S/C15H28N4O/c1-6-9-16-11-14-12(2)17-19(13(14)3)10-7-8-15(20)18(4)5/h16H,6-11H2,1-5H3. The smallest absolute Gasteiger partial charge is 0.222 e. The third kappa shape index (κ3) is 4.63. The highest BCUT2D eigenvalue weighted by atomic mass is 16.2. The minimum absolute atomic E-state index is 0.177. The first kappa shape index (κ1) is 16.7. The molecule has 0 bridgehead atoms. The van der Waals surface area contributed by atoms with Gasteiger partial charge in [0, 0.05) is 44.9 Å². The summed E-state index contributed by atoms with van der Waals surface area (Å²) in [6.07, 6.45) is 2.55. The first-order valence-electron chi connectivity index (χ1n) is 7.41. The Labute approximate surface area is 122 Å². The van der Waals surface area contributed by atoms with Crippen molar-refractivity contribution in [2.75, 3.05) is 20.6 Å². The molecule has 1 heterocycles. The van der Waals surface area contributed by atoms with Crippen molar-refractivity contribution >= 4 is 5.91 Å². The fraction of sp³-hybridized carbons (Fsp3) is 0.733. The molecule has 1 aromatic heterocycles. The number of nitrogens with one attached hydrogen (secondary N) is 1. The molecule has 0 aliphatic rings. The van der Waals surface area contributed by atoms with E-state index in [0.29, 0.717) is 6.42 Å². The summed E-state index contributed by atoms with van der Waals surface area (Å²) in [5.74, 6) is 0.177. The Morgan fingerprint density at radius 3 is 2.65 bits per heavy atom. The number of nitrogens with zero attached hydrogens (tertiary/aromatic N) is 3. The lowest BCUT2D eigenvalue weighted by Gasteiger charge is -2.10. The second-order valence-corrected chi connectivity index (χ2v) is 5.44. The molecule has 0 saturated heterocycles. The monoisotopic (exact) mass is 280 g/mol. The number of hydrogen-bond acceptors (Lipinski definition) is 3. The van der Waals surface area contributed by atoms with Crippen LogP contribution in [0.15, 0.2) is 0 Å². The van der Waals surface area contributed by atoms with Crippen molar-refractivity contribution in [1.82, 2.24) is 20.0 Å². The second kappa shape index (κ2) is 8.04. The van der Waals surface area contributed by atoms with Crippen molar-refractivity contribution in [2.24, 2.45) is 0 Å². The molecule has 0 aliphatic carbocycles. The molecule has 0 aromatic carbocycles. The van der Waals surface area contributed by atoms with Crippen molar-refractivity contribution in [2.45, 2.75) is 53.1 Å². The van der Waals surface area contributed by atoms with Gasteiger partial charge >= 0.3 is 0 Å². The first-order valence-corrected chi connectivity index (χ1v) is 7.41. The van der Waals surface area contributed by atoms with Crippen molar-refractivity contribution < 1.29 is 4.79 Å². The quantitative estimate of drug-likeness (QED) is 0.740. The summed E-state index contributed by atoms with van der Waals surface area (Å²) in [6.45, 7) is 9.04. The Morgan fingerprint density at radius 1 is 1.35 bits per heavy atom. The fourth-order valence-electron chi connectivity index (χ4n) is 2.20. The SMILES string of the molecule is CCCNCc1c(C)nn(CCCC(=O)N(C)C)c1C. The second-order valence-electron chi connectivity index (χ2n) is 5.44. The molecule has 20 heavy (non-hydrogen) atoms. The maximum Gasteiger partial charge on any atom is 0.222 e. The predicted octanol–water partition coefficient (Wildman–Crippen LogP) is 1.87. The minimum Gasteiger partial charge on any atom is -0.349 e. The van der Waals surface area contributed by atoms with Crippen molar-refractivity contribution in [1.29, 1.82) is 0 Å². The van der Waals surface area contributed by atoms with Crippen LogP contribution in [-0.2, 0) is 17.9 Å². The number of hydrogen-bond donors (Lipinski definition) is 1. The zero-order chi connectivity index (χ0) is 15.1. The van der Waals surface area contributed by atoms with Gasteiger partial charge < -0.3 is 10.2 Å². The van der Waals surface area contributed by atoms with Gasteiger partial charge in [0.05, 0.1) is 5.69 Å². The summed E-state index contributed by atoms with van der Waals surface area (Å²) in [7, 11) is 3.59. The lowest BCUT2D eigenvalue weighted by molar-refractivity contribution is -0.128. The normalized spacial score (nSPS) is 10.8. The van der Waals surface area contributed by atoms with Crippen LogP contribution in [0.25, 0.3) is 0 Å². The summed E-state index contributed by atoms with van der Waals surface area (Å²) < 4.78 is 2.03. The van der Waals surface area contributed by atoms with Crippen LogP contribution in [0, 0.1) is 13.8 Å². The van der Waals surface area contributed by atoms with Gasteiger partial charge in [-0.05, 0) is 33.2 Å². The molecule has 0 atom stereocenters. The van der Waals surface area contributed by atoms with E-state index in [4.69, 9.17) is 0 Å². The van der Waals surface area contributed by atoms with Crippen LogP contribution in [0.1, 0.15) is 43.1 Å². The van der Waals surface area contributed by atoms with E-state index in [2.05, 4.69) is 31.2 Å². The molecule has 5 heteroatoms. The lowest BCUT2D eigenvalue weighted by Crippen LogP contribution is -2.21. The molecular formula is C15H28N4O. The molecular weight excluding hydrogens is 252 g/mol. The van der Waals surface area contributed by atoms with E-state index >= 15 is 0 Å². The summed E-state index contributed by atoms with van der Waals surface area (Å²) in [5.41, 5.74) is 3.59. The van der Waals surface area contributed by atoms with Crippen molar-refractivity contribution in [3.8, 4) is 0 Å². The Bertz CT molecular complexity index is 437. The molecule has 0 radical (unpaired) electrons. The van der Waals surface area contributed by atoms with Gasteiger partial charge in [-0.1, -0.05) is 6.92 Å². The highest BCUT2D eigenvalue weighted by Crippen LogP contribution is 2.13. The zero-order valence-electron chi connectivity index (χ0n) is 13.5. The molecule has 0 unspecified atom stereocenters. The third-order valence-corrected chi connectivity index (χ3v) is 3.52. The average Bonchev–Trinajstić information content (AvgIpc) is 2.66. The zero-order valence-corrected chi connectivity index (χ0v) is 13.5. The van der Waals surface area contributed by atoms with Gasteiger partial charge in [0.1, 0.15) is 0 Å². The Balaban J connectivity index is 2.54. The van der Waals surface area contributed by atoms with Crippen LogP contribution in [0.5, 0.6) is 0 Å². The molecule has 0 aliphatic heterocycles. The highest BCUT2D eigenvalue weighted by Gasteiger charge is 2.11. The van der Waals surface area contributed by atoms with E-state index in [0.717, 1.165) is 38.2 Å². The van der Waals surface area contributed by atoms with E-state index in [1.54, 1.807) is 19.0 Å². The van der Waals surface area contributed by atoms with Gasteiger partial charge in [0.2, 0.25) is 5.91 Å². The van der Waals surface area contributed by atoms with E-state index in [-0.39, 0.29) is 5.91 Å². The Morgan fingerprint density at radius 2 is 2.05 bits per heavy atom. The maximum atomic E-state index is 11.6. The van der Waals surface area contributed by atoms with E-state index in [1.165, 1.54) is 11.3 Å². The summed E-state index contributed by atoms with van der Waals surface area (Å²) in [6, 6.07) is 0. The summed E-state index contributed by atoms with van der Waals surface area (Å²) >= 11 is 0. The van der Waals surface area contributed by atoms with Gasteiger partial charge in [-0.15, -0.1) is 0 Å². The lowest BCUT2D eigenvalue weighted by atomic mass is 10.2. The maximum absolute atomic E-state index is 11.6. The molecule has 1 rings (SSSR count). The predicted molar refractivity (Wildman–Crippen MR) is 81.6 cm³/mol. The van der Waals surface area contributed by atoms with Crippen LogP contribution < -0.4 is 5.32 Å². The number of rotatable bonds is 8. The minimum atomic E-state index is 0.177. The van der Waals surface area contributed by atoms with Crippen LogP contribution in [0.3, 0.4) is 0 Å². The van der Waals surface area contributed by atoms with Gasteiger partial charge in [0.15, 0.2) is 0 Å². The topological polar surface area (TPSA) is 50.2 Å². The number of aromatic nitrogens is 2. The van der Waals surface area contributed by atoms with Gasteiger partial charge in [-0.3, -0.25) is 9.48 Å². The van der Waals surface area contributed by atoms with E-state index in [1.807, 2.05) is 4.68 Å². The van der Waals surface area contributed by atoms with Gasteiger partial charge in [-0.2, -0.15) is 5.10 Å². The average molecular weight is 280 g/mol. The van der Waals surface area contributed by atoms with E-state index in [9.17, 15) is 4.79 Å². The molecule has 1 amide bonds. The molecule has 1 N–H and O–H groups in total. The molecule has 1 aromatic rings. The molecule has 0 fully saturated rings. The highest BCUT2D eigenvalue weighted by molar-refractivity contribution is 5.75. The molecule has 5 nitrogen and oxygen atoms in total. The Hall–Kier alpha value is -1.36. The van der Waals surface area contributed by atoms with Crippen LogP contribution in [0.2, 0.25) is 0 Å². The van der Waals surface area contributed by atoms with Gasteiger partial charge in [0.25, 0.3) is 0 Å². The Kier molecular flexibility index (Phi) is 6.71. The largest absolute Gasteiger partial charge is 0.349 e. The molecule has 114 valence electrons. The third-order valence-electron chi connectivity index (χ3n) is 3.52. The summed E-state index contributed by atoms with van der Waals surface area (Å²) in [5, 5.41) is 8.00. The van der Waals surface area contributed by atoms with Gasteiger partial charge in [-0.25, -0.2) is 0 Å². The fourth-order valence-corrected chi connectivity index (χ4v) is 2.20. The van der Waals surface area contributed by atoms with Crippen LogP contribution in [0.4, 0.5) is 0 Å². The summed E-state index contributed by atoms with van der Waals surface area (Å²) in [4.78, 5) is 13.2. The first-order chi connectivity index (χ1) is 9.47. The van der Waals surface area contributed by atoms with Crippen LogP contribution in [-0.4, -0.2) is 41.2 Å². The molecule has 0 saturated carbocycles. The molecule has 0 spiro atoms. The number of aryl methyl sites for hydroxylation is 2. The van der Waals surface area contributed by atoms with Crippen molar-refractivity contribution in [3.05, 3.63) is 17.0 Å². The number of carbonyl (C=O) groups is 1. The van der Waals surface area contributed by atoms with Crippen molar-refractivity contribution in [3.63, 3.8) is 0 Å². The number of carbonyl (C=O) groups excluding carboxylic acids is 1. The number of amides is 1.